The lowest BCUT2D eigenvalue weighted by atomic mass is 10.3. The molecule has 0 atom stereocenters. The third kappa shape index (κ3) is 2.21. The van der Waals surface area contributed by atoms with E-state index in [0.717, 1.165) is 11.0 Å². The molecule has 1 N–H and O–H groups in total. The highest BCUT2D eigenvalue weighted by Gasteiger charge is 2.09. The minimum Gasteiger partial charge on any atom is -0.323 e. The molecule has 0 aliphatic carbocycles. The van der Waals surface area contributed by atoms with E-state index in [1.54, 1.807) is 12.1 Å². The number of nitrogens with zero attached hydrogens (tertiary/aromatic N) is 2. The molecular formula is C14H11BrFN3. The quantitative estimate of drug-likeness (QED) is 0.766. The average Bonchev–Trinajstić information content (AvgIpc) is 2.70. The maximum absolute atomic E-state index is 13.8. The van der Waals surface area contributed by atoms with Gasteiger partial charge in [-0.05, 0) is 30.3 Å². The Morgan fingerprint density at radius 3 is 2.74 bits per heavy atom. The first kappa shape index (κ1) is 12.2. The van der Waals surface area contributed by atoms with Gasteiger partial charge in [-0.2, -0.15) is 0 Å². The Morgan fingerprint density at radius 1 is 1.21 bits per heavy atom. The van der Waals surface area contributed by atoms with Gasteiger partial charge in [-0.25, -0.2) is 9.37 Å². The van der Waals surface area contributed by atoms with E-state index in [0.29, 0.717) is 16.1 Å². The first-order chi connectivity index (χ1) is 9.15. The molecule has 19 heavy (non-hydrogen) atoms. The maximum Gasteiger partial charge on any atom is 0.208 e. The number of fused-ring (bicyclic) bond motifs is 1. The molecule has 0 saturated heterocycles. The fourth-order valence-electron chi connectivity index (χ4n) is 1.97. The molecule has 2 aromatic carbocycles. The van der Waals surface area contributed by atoms with Crippen LogP contribution in [0.15, 0.2) is 46.9 Å². The highest BCUT2D eigenvalue weighted by molar-refractivity contribution is 9.10. The number of aryl methyl sites for hydroxylation is 1. The summed E-state index contributed by atoms with van der Waals surface area (Å²) in [6, 6.07) is 12.7. The average molecular weight is 320 g/mol. The largest absolute Gasteiger partial charge is 0.323 e. The van der Waals surface area contributed by atoms with Crippen molar-refractivity contribution in [2.24, 2.45) is 7.05 Å². The molecule has 3 nitrogen and oxygen atoms in total. The summed E-state index contributed by atoms with van der Waals surface area (Å²) in [5.41, 5.74) is 2.29. The molecule has 3 aromatic rings. The molecule has 1 aromatic heterocycles. The molecular weight excluding hydrogens is 309 g/mol. The Hall–Kier alpha value is -1.88. The molecule has 0 saturated carbocycles. The zero-order chi connectivity index (χ0) is 13.4. The van der Waals surface area contributed by atoms with Crippen LogP contribution in [0.25, 0.3) is 11.0 Å². The Bertz CT molecular complexity index is 752. The van der Waals surface area contributed by atoms with Crippen LogP contribution >= 0.6 is 15.9 Å². The molecule has 1 heterocycles. The van der Waals surface area contributed by atoms with E-state index in [9.17, 15) is 4.39 Å². The van der Waals surface area contributed by atoms with Gasteiger partial charge in [-0.3, -0.25) is 0 Å². The van der Waals surface area contributed by atoms with E-state index >= 15 is 0 Å². The van der Waals surface area contributed by atoms with Crippen molar-refractivity contribution in [2.45, 2.75) is 0 Å². The summed E-state index contributed by atoms with van der Waals surface area (Å²) in [5.74, 6) is 0.295. The number of anilines is 2. The molecule has 0 radical (unpaired) electrons. The summed E-state index contributed by atoms with van der Waals surface area (Å²) < 4.78 is 16.4. The fourth-order valence-corrected chi connectivity index (χ4v) is 2.30. The van der Waals surface area contributed by atoms with Gasteiger partial charge in [0.25, 0.3) is 0 Å². The highest BCUT2D eigenvalue weighted by atomic mass is 79.9. The summed E-state index contributed by atoms with van der Waals surface area (Å²) in [6.07, 6.45) is 0. The van der Waals surface area contributed by atoms with Crippen LogP contribution in [-0.2, 0) is 7.05 Å². The number of nitrogens with one attached hydrogen (secondary N) is 1. The van der Waals surface area contributed by atoms with Crippen molar-refractivity contribution in [3.05, 3.63) is 52.8 Å². The lowest BCUT2D eigenvalue weighted by Gasteiger charge is -2.07. The predicted octanol–water partition coefficient (Wildman–Crippen LogP) is 4.22. The SMILES string of the molecule is Cn1c(Nc2ccc(Br)cc2F)nc2ccccc21. The van der Waals surface area contributed by atoms with E-state index in [4.69, 9.17) is 0 Å². The lowest BCUT2D eigenvalue weighted by molar-refractivity contribution is 0.630. The number of benzene rings is 2. The summed E-state index contributed by atoms with van der Waals surface area (Å²) in [5, 5.41) is 3.01. The zero-order valence-electron chi connectivity index (χ0n) is 10.2. The third-order valence-corrected chi connectivity index (χ3v) is 3.46. The number of hydrogen-bond acceptors (Lipinski definition) is 2. The molecule has 0 amide bonds. The normalized spacial score (nSPS) is 10.9. The van der Waals surface area contributed by atoms with Crippen LogP contribution in [0.4, 0.5) is 16.0 Å². The van der Waals surface area contributed by atoms with Crippen molar-refractivity contribution in [2.75, 3.05) is 5.32 Å². The molecule has 0 aliphatic rings. The molecule has 0 aliphatic heterocycles. The van der Waals surface area contributed by atoms with Gasteiger partial charge in [0, 0.05) is 11.5 Å². The van der Waals surface area contributed by atoms with Crippen LogP contribution in [0.3, 0.4) is 0 Å². The second-order valence-electron chi connectivity index (χ2n) is 4.23. The standard InChI is InChI=1S/C14H11BrFN3/c1-19-13-5-3-2-4-12(13)18-14(19)17-11-7-6-9(15)8-10(11)16/h2-8H,1H3,(H,17,18). The first-order valence-electron chi connectivity index (χ1n) is 5.78. The van der Waals surface area contributed by atoms with Gasteiger partial charge in [-0.15, -0.1) is 0 Å². The van der Waals surface area contributed by atoms with Crippen LogP contribution in [0.2, 0.25) is 0 Å². The van der Waals surface area contributed by atoms with Gasteiger partial charge in [0.05, 0.1) is 16.7 Å². The second kappa shape index (κ2) is 4.66. The Labute approximate surface area is 118 Å². The van der Waals surface area contributed by atoms with Crippen molar-refractivity contribution < 1.29 is 4.39 Å². The molecule has 0 bridgehead atoms. The number of aromatic nitrogens is 2. The van der Waals surface area contributed by atoms with Crippen molar-refractivity contribution in [1.29, 1.82) is 0 Å². The van der Waals surface area contributed by atoms with E-state index < -0.39 is 0 Å². The summed E-state index contributed by atoms with van der Waals surface area (Å²) >= 11 is 3.24. The number of rotatable bonds is 2. The van der Waals surface area contributed by atoms with Crippen LogP contribution < -0.4 is 5.32 Å². The van der Waals surface area contributed by atoms with Crippen LogP contribution in [-0.4, -0.2) is 9.55 Å². The third-order valence-electron chi connectivity index (χ3n) is 2.96. The molecule has 0 unspecified atom stereocenters. The van der Waals surface area contributed by atoms with E-state index in [2.05, 4.69) is 26.2 Å². The van der Waals surface area contributed by atoms with Crippen molar-refractivity contribution in [3.8, 4) is 0 Å². The van der Waals surface area contributed by atoms with Crippen molar-refractivity contribution >= 4 is 38.6 Å². The van der Waals surface area contributed by atoms with Gasteiger partial charge in [0.1, 0.15) is 5.82 Å². The number of para-hydroxylation sites is 2. The van der Waals surface area contributed by atoms with Crippen molar-refractivity contribution in [1.82, 2.24) is 9.55 Å². The van der Waals surface area contributed by atoms with Crippen molar-refractivity contribution in [3.63, 3.8) is 0 Å². The van der Waals surface area contributed by atoms with Gasteiger partial charge >= 0.3 is 0 Å². The molecule has 96 valence electrons. The summed E-state index contributed by atoms with van der Waals surface area (Å²) in [7, 11) is 1.90. The second-order valence-corrected chi connectivity index (χ2v) is 5.15. The summed E-state index contributed by atoms with van der Waals surface area (Å²) in [4.78, 5) is 4.44. The predicted molar refractivity (Wildman–Crippen MR) is 78.1 cm³/mol. The molecule has 0 spiro atoms. The Balaban J connectivity index is 2.03. The number of hydrogen-bond donors (Lipinski definition) is 1. The van der Waals surface area contributed by atoms with Gasteiger partial charge in [0.2, 0.25) is 5.95 Å². The number of imidazole rings is 1. The van der Waals surface area contributed by atoms with E-state index in [1.807, 2.05) is 35.9 Å². The van der Waals surface area contributed by atoms with Crippen LogP contribution in [0.1, 0.15) is 0 Å². The summed E-state index contributed by atoms with van der Waals surface area (Å²) in [6.45, 7) is 0. The first-order valence-corrected chi connectivity index (χ1v) is 6.58. The van der Waals surface area contributed by atoms with Gasteiger partial charge in [0.15, 0.2) is 0 Å². The van der Waals surface area contributed by atoms with Crippen LogP contribution in [0, 0.1) is 5.82 Å². The van der Waals surface area contributed by atoms with Gasteiger partial charge < -0.3 is 9.88 Å². The highest BCUT2D eigenvalue weighted by Crippen LogP contribution is 2.24. The Morgan fingerprint density at radius 2 is 2.00 bits per heavy atom. The monoisotopic (exact) mass is 319 g/mol. The zero-order valence-corrected chi connectivity index (χ0v) is 11.8. The smallest absolute Gasteiger partial charge is 0.208 e. The minimum absolute atomic E-state index is 0.318. The minimum atomic E-state index is -0.318. The number of halogens is 2. The topological polar surface area (TPSA) is 29.9 Å². The molecule has 3 rings (SSSR count). The molecule has 0 fully saturated rings. The van der Waals surface area contributed by atoms with Gasteiger partial charge in [-0.1, -0.05) is 28.1 Å². The maximum atomic E-state index is 13.8. The molecule has 5 heteroatoms. The van der Waals surface area contributed by atoms with E-state index in [-0.39, 0.29) is 5.82 Å². The Kier molecular flexibility index (Phi) is 2.98. The fraction of sp³-hybridized carbons (Fsp3) is 0.0714. The van der Waals surface area contributed by atoms with Crippen LogP contribution in [0.5, 0.6) is 0 Å². The van der Waals surface area contributed by atoms with E-state index in [1.165, 1.54) is 6.07 Å². The lowest BCUT2D eigenvalue weighted by Crippen LogP contribution is -2.00.